The number of rotatable bonds is 3. The van der Waals surface area contributed by atoms with Crippen LogP contribution in [0.3, 0.4) is 0 Å². The summed E-state index contributed by atoms with van der Waals surface area (Å²) in [5, 5.41) is 12.9. The minimum Gasteiger partial charge on any atom is -0.356 e. The van der Waals surface area contributed by atoms with Crippen LogP contribution in [0.15, 0.2) is 47.1 Å². The Morgan fingerprint density at radius 3 is 2.96 bits per heavy atom. The van der Waals surface area contributed by atoms with E-state index in [1.165, 1.54) is 12.1 Å². The highest BCUT2D eigenvalue weighted by Gasteiger charge is 2.27. The highest BCUT2D eigenvalue weighted by molar-refractivity contribution is 5.54. The summed E-state index contributed by atoms with van der Waals surface area (Å²) in [6.45, 7) is 1.60. The Labute approximate surface area is 149 Å². The molecule has 2 aromatic heterocycles. The third kappa shape index (κ3) is 3.26. The standard InChI is InChI=1S/C19H16FN5O/c20-16-5-1-3-14(9-16)18-23-19(26-24-18)15-4-2-8-25(12-15)17-7-6-13(10-21)11-22-17/h1,3,5-7,9,11,15H,2,4,8,12H2. The number of pyridine rings is 1. The molecule has 0 amide bonds. The summed E-state index contributed by atoms with van der Waals surface area (Å²) in [7, 11) is 0. The van der Waals surface area contributed by atoms with Crippen LogP contribution in [0.25, 0.3) is 11.4 Å². The molecule has 7 heteroatoms. The van der Waals surface area contributed by atoms with Crippen molar-refractivity contribution in [2.75, 3.05) is 18.0 Å². The van der Waals surface area contributed by atoms with Crippen LogP contribution >= 0.6 is 0 Å². The van der Waals surface area contributed by atoms with E-state index in [9.17, 15) is 4.39 Å². The van der Waals surface area contributed by atoms with Gasteiger partial charge in [-0.15, -0.1) is 0 Å². The number of hydrogen-bond donors (Lipinski definition) is 0. The van der Waals surface area contributed by atoms with Gasteiger partial charge >= 0.3 is 0 Å². The van der Waals surface area contributed by atoms with Crippen molar-refractivity contribution in [2.24, 2.45) is 0 Å². The topological polar surface area (TPSA) is 78.8 Å². The third-order valence-corrected chi connectivity index (χ3v) is 4.50. The van der Waals surface area contributed by atoms with Gasteiger partial charge in [0, 0.05) is 24.8 Å². The fraction of sp³-hybridized carbons (Fsp3) is 0.263. The molecule has 3 heterocycles. The number of halogens is 1. The zero-order chi connectivity index (χ0) is 17.9. The maximum Gasteiger partial charge on any atom is 0.231 e. The van der Waals surface area contributed by atoms with Crippen molar-refractivity contribution >= 4 is 5.82 Å². The molecule has 1 atom stereocenters. The summed E-state index contributed by atoms with van der Waals surface area (Å²) < 4.78 is 18.8. The van der Waals surface area contributed by atoms with Gasteiger partial charge in [0.15, 0.2) is 0 Å². The molecule has 1 aliphatic rings. The second kappa shape index (κ2) is 6.92. The van der Waals surface area contributed by atoms with Gasteiger partial charge in [0.05, 0.1) is 11.5 Å². The molecule has 6 nitrogen and oxygen atoms in total. The average molecular weight is 349 g/mol. The SMILES string of the molecule is N#Cc1ccc(N2CCCC(c3nc(-c4cccc(F)c4)no3)C2)nc1. The number of piperidine rings is 1. The van der Waals surface area contributed by atoms with E-state index in [0.717, 1.165) is 25.2 Å². The van der Waals surface area contributed by atoms with Crippen LogP contribution in [-0.2, 0) is 0 Å². The van der Waals surface area contributed by atoms with Crippen molar-refractivity contribution in [2.45, 2.75) is 18.8 Å². The molecule has 0 spiro atoms. The molecule has 3 aromatic rings. The first kappa shape index (κ1) is 16.2. The first-order valence-corrected chi connectivity index (χ1v) is 8.43. The van der Waals surface area contributed by atoms with Crippen LogP contribution in [0.1, 0.15) is 30.2 Å². The molecular formula is C19H16FN5O. The summed E-state index contributed by atoms with van der Waals surface area (Å²) in [5.41, 5.74) is 1.14. The van der Waals surface area contributed by atoms with Crippen molar-refractivity contribution in [3.8, 4) is 17.5 Å². The molecule has 0 saturated carbocycles. The Morgan fingerprint density at radius 2 is 2.19 bits per heavy atom. The quantitative estimate of drug-likeness (QED) is 0.720. The molecule has 26 heavy (non-hydrogen) atoms. The van der Waals surface area contributed by atoms with Gasteiger partial charge in [-0.3, -0.25) is 0 Å². The molecule has 130 valence electrons. The Bertz CT molecular complexity index is 947. The Hall–Kier alpha value is -3.27. The lowest BCUT2D eigenvalue weighted by Crippen LogP contribution is -2.35. The lowest BCUT2D eigenvalue weighted by molar-refractivity contribution is 0.333. The molecule has 1 unspecified atom stereocenters. The number of hydrogen-bond acceptors (Lipinski definition) is 6. The zero-order valence-corrected chi connectivity index (χ0v) is 14.0. The van der Waals surface area contributed by atoms with E-state index in [4.69, 9.17) is 9.78 Å². The van der Waals surface area contributed by atoms with Crippen molar-refractivity contribution in [1.29, 1.82) is 5.26 Å². The summed E-state index contributed by atoms with van der Waals surface area (Å²) in [5.74, 6) is 1.55. The van der Waals surface area contributed by atoms with Crippen LogP contribution in [0.4, 0.5) is 10.2 Å². The number of benzene rings is 1. The van der Waals surface area contributed by atoms with E-state index in [-0.39, 0.29) is 11.7 Å². The lowest BCUT2D eigenvalue weighted by atomic mass is 9.98. The summed E-state index contributed by atoms with van der Waals surface area (Å²) in [6.07, 6.45) is 3.50. The highest BCUT2D eigenvalue weighted by Crippen LogP contribution is 2.29. The fourth-order valence-corrected chi connectivity index (χ4v) is 3.17. The lowest BCUT2D eigenvalue weighted by Gasteiger charge is -2.31. The zero-order valence-electron chi connectivity index (χ0n) is 14.0. The van der Waals surface area contributed by atoms with E-state index < -0.39 is 0 Å². The van der Waals surface area contributed by atoms with E-state index in [1.807, 2.05) is 6.07 Å². The van der Waals surface area contributed by atoms with Crippen LogP contribution in [0.2, 0.25) is 0 Å². The predicted octanol–water partition coefficient (Wildman–Crippen LogP) is 3.53. The molecule has 1 aromatic carbocycles. The van der Waals surface area contributed by atoms with Crippen molar-refractivity contribution in [3.05, 3.63) is 59.9 Å². The molecular weight excluding hydrogens is 333 g/mol. The molecule has 1 aliphatic heterocycles. The largest absolute Gasteiger partial charge is 0.356 e. The Balaban J connectivity index is 1.52. The maximum atomic E-state index is 13.4. The second-order valence-corrected chi connectivity index (χ2v) is 6.27. The van der Waals surface area contributed by atoms with E-state index in [1.54, 1.807) is 24.4 Å². The van der Waals surface area contributed by atoms with Gasteiger partial charge in [0.2, 0.25) is 11.7 Å². The molecule has 4 rings (SSSR count). The molecule has 0 bridgehead atoms. The van der Waals surface area contributed by atoms with Crippen LogP contribution < -0.4 is 4.90 Å². The molecule has 0 radical (unpaired) electrons. The van der Waals surface area contributed by atoms with Gasteiger partial charge in [-0.05, 0) is 37.1 Å². The van der Waals surface area contributed by atoms with Crippen LogP contribution in [0.5, 0.6) is 0 Å². The summed E-state index contributed by atoms with van der Waals surface area (Å²) in [4.78, 5) is 11.0. The number of nitrogens with zero attached hydrogens (tertiary/aromatic N) is 5. The van der Waals surface area contributed by atoms with Crippen molar-refractivity contribution < 1.29 is 8.91 Å². The fourth-order valence-electron chi connectivity index (χ4n) is 3.17. The molecule has 1 fully saturated rings. The molecule has 0 aliphatic carbocycles. The first-order valence-electron chi connectivity index (χ1n) is 8.43. The maximum absolute atomic E-state index is 13.4. The predicted molar refractivity (Wildman–Crippen MR) is 92.8 cm³/mol. The number of nitriles is 1. The smallest absolute Gasteiger partial charge is 0.231 e. The average Bonchev–Trinajstić information content (AvgIpc) is 3.19. The van der Waals surface area contributed by atoms with Gasteiger partial charge in [0.25, 0.3) is 0 Å². The van der Waals surface area contributed by atoms with E-state index in [0.29, 0.717) is 29.4 Å². The minimum atomic E-state index is -0.329. The Kier molecular flexibility index (Phi) is 4.32. The van der Waals surface area contributed by atoms with Gasteiger partial charge in [0.1, 0.15) is 17.7 Å². The molecule has 0 N–H and O–H groups in total. The van der Waals surface area contributed by atoms with Crippen LogP contribution in [-0.4, -0.2) is 28.2 Å². The van der Waals surface area contributed by atoms with Gasteiger partial charge in [-0.25, -0.2) is 9.37 Å². The summed E-state index contributed by atoms with van der Waals surface area (Å²) in [6, 6.07) is 11.8. The summed E-state index contributed by atoms with van der Waals surface area (Å²) >= 11 is 0. The third-order valence-electron chi connectivity index (χ3n) is 4.50. The van der Waals surface area contributed by atoms with Crippen LogP contribution in [0, 0.1) is 17.1 Å². The Morgan fingerprint density at radius 1 is 1.27 bits per heavy atom. The number of anilines is 1. The van der Waals surface area contributed by atoms with E-state index in [2.05, 4.69) is 26.1 Å². The minimum absolute atomic E-state index is 0.0935. The van der Waals surface area contributed by atoms with Gasteiger partial charge in [-0.2, -0.15) is 10.2 Å². The number of aromatic nitrogens is 3. The van der Waals surface area contributed by atoms with Crippen molar-refractivity contribution in [1.82, 2.24) is 15.1 Å². The normalized spacial score (nSPS) is 17.1. The van der Waals surface area contributed by atoms with Gasteiger partial charge in [-0.1, -0.05) is 17.3 Å². The first-order chi connectivity index (χ1) is 12.7. The van der Waals surface area contributed by atoms with Crippen molar-refractivity contribution in [3.63, 3.8) is 0 Å². The molecule has 1 saturated heterocycles. The van der Waals surface area contributed by atoms with E-state index >= 15 is 0 Å². The highest BCUT2D eigenvalue weighted by atomic mass is 19.1. The second-order valence-electron chi connectivity index (χ2n) is 6.27. The monoisotopic (exact) mass is 349 g/mol. The van der Waals surface area contributed by atoms with Gasteiger partial charge < -0.3 is 9.42 Å².